The molecule has 0 unspecified atom stereocenters. The van der Waals surface area contributed by atoms with Crippen LogP contribution in [0.2, 0.25) is 0 Å². The number of nitriles is 1. The van der Waals surface area contributed by atoms with Crippen LogP contribution < -0.4 is 9.64 Å². The van der Waals surface area contributed by atoms with Crippen molar-refractivity contribution in [1.82, 2.24) is 0 Å². The highest BCUT2D eigenvalue weighted by molar-refractivity contribution is 6.13. The van der Waals surface area contributed by atoms with Crippen LogP contribution in [0.3, 0.4) is 0 Å². The Kier molecular flexibility index (Phi) is 6.30. The monoisotopic (exact) mass is 389 g/mol. The summed E-state index contributed by atoms with van der Waals surface area (Å²) in [5.41, 5.74) is 3.91. The highest BCUT2D eigenvalue weighted by Gasteiger charge is 2.24. The van der Waals surface area contributed by atoms with Gasteiger partial charge in [-0.15, -0.1) is 0 Å². The Hall–Kier alpha value is -3.59. The van der Waals surface area contributed by atoms with E-state index in [2.05, 4.69) is 29.0 Å². The topological polar surface area (TPSA) is 74.9 Å². The molecule has 2 aromatic carbocycles. The molecule has 0 fully saturated rings. The SMILES string of the molecule is CCN(CCC#N)c1ccc(/C=C2\N=C(c3cccc(OC)c3)OC2=O)c(C)c1. The van der Waals surface area contributed by atoms with Crippen LogP contribution in [-0.4, -0.2) is 32.1 Å². The molecule has 2 aromatic rings. The van der Waals surface area contributed by atoms with Gasteiger partial charge in [0.2, 0.25) is 5.90 Å². The van der Waals surface area contributed by atoms with Crippen molar-refractivity contribution in [2.24, 2.45) is 4.99 Å². The largest absolute Gasteiger partial charge is 0.497 e. The van der Waals surface area contributed by atoms with Crippen molar-refractivity contribution < 1.29 is 14.3 Å². The van der Waals surface area contributed by atoms with E-state index >= 15 is 0 Å². The number of carbonyl (C=O) groups is 1. The van der Waals surface area contributed by atoms with Crippen LogP contribution in [0.15, 0.2) is 53.2 Å². The molecule has 0 atom stereocenters. The van der Waals surface area contributed by atoms with Gasteiger partial charge in [0.1, 0.15) is 5.75 Å². The third kappa shape index (κ3) is 4.64. The van der Waals surface area contributed by atoms with Crippen LogP contribution in [0, 0.1) is 18.3 Å². The fourth-order valence-corrected chi connectivity index (χ4v) is 3.11. The molecular formula is C23H23N3O3. The van der Waals surface area contributed by atoms with Crippen LogP contribution in [-0.2, 0) is 9.53 Å². The van der Waals surface area contributed by atoms with E-state index in [0.717, 1.165) is 23.4 Å². The van der Waals surface area contributed by atoms with E-state index in [-0.39, 0.29) is 11.6 Å². The first-order valence-electron chi connectivity index (χ1n) is 9.45. The van der Waals surface area contributed by atoms with Gasteiger partial charge < -0.3 is 14.4 Å². The Morgan fingerprint density at radius 3 is 2.79 bits per heavy atom. The van der Waals surface area contributed by atoms with Gasteiger partial charge >= 0.3 is 5.97 Å². The van der Waals surface area contributed by atoms with Gasteiger partial charge in [0.15, 0.2) is 5.70 Å². The van der Waals surface area contributed by atoms with Crippen molar-refractivity contribution >= 4 is 23.6 Å². The van der Waals surface area contributed by atoms with E-state index in [4.69, 9.17) is 14.7 Å². The van der Waals surface area contributed by atoms with E-state index in [1.807, 2.05) is 37.3 Å². The van der Waals surface area contributed by atoms with Crippen LogP contribution in [0.25, 0.3) is 6.08 Å². The Bertz CT molecular complexity index is 1020. The normalized spacial score (nSPS) is 14.3. The number of rotatable bonds is 7. The molecule has 0 saturated carbocycles. The number of methoxy groups -OCH3 is 1. The molecule has 6 nitrogen and oxygen atoms in total. The summed E-state index contributed by atoms with van der Waals surface area (Å²) in [6, 6.07) is 15.4. The van der Waals surface area contributed by atoms with Crippen molar-refractivity contribution in [2.45, 2.75) is 20.3 Å². The first kappa shape index (κ1) is 20.2. The second kappa shape index (κ2) is 9.07. The molecular weight excluding hydrogens is 366 g/mol. The van der Waals surface area contributed by atoms with Gasteiger partial charge in [-0.3, -0.25) is 0 Å². The molecule has 0 amide bonds. The first-order valence-corrected chi connectivity index (χ1v) is 9.45. The molecule has 0 radical (unpaired) electrons. The maximum atomic E-state index is 12.3. The number of hydrogen-bond donors (Lipinski definition) is 0. The Morgan fingerprint density at radius 2 is 2.10 bits per heavy atom. The molecule has 0 saturated heterocycles. The summed E-state index contributed by atoms with van der Waals surface area (Å²) >= 11 is 0. The summed E-state index contributed by atoms with van der Waals surface area (Å²) in [7, 11) is 1.58. The van der Waals surface area contributed by atoms with Crippen molar-refractivity contribution in [3.05, 3.63) is 64.9 Å². The van der Waals surface area contributed by atoms with Crippen molar-refractivity contribution in [3.8, 4) is 11.8 Å². The number of nitrogens with zero attached hydrogens (tertiary/aromatic N) is 3. The summed E-state index contributed by atoms with van der Waals surface area (Å²) in [6.45, 7) is 5.56. The van der Waals surface area contributed by atoms with Gasteiger partial charge in [0.05, 0.1) is 19.6 Å². The van der Waals surface area contributed by atoms with Crippen molar-refractivity contribution in [1.29, 1.82) is 5.26 Å². The number of cyclic esters (lactones) is 1. The fourth-order valence-electron chi connectivity index (χ4n) is 3.11. The third-order valence-corrected chi connectivity index (χ3v) is 4.72. The molecule has 0 spiro atoms. The molecule has 148 valence electrons. The Labute approximate surface area is 170 Å². The van der Waals surface area contributed by atoms with Crippen molar-refractivity contribution in [2.75, 3.05) is 25.1 Å². The minimum atomic E-state index is -0.476. The van der Waals surface area contributed by atoms with Gasteiger partial charge in [0.25, 0.3) is 0 Å². The number of carbonyl (C=O) groups excluding carboxylic acids is 1. The van der Waals surface area contributed by atoms with Crippen LogP contribution >= 0.6 is 0 Å². The number of aryl methyl sites for hydroxylation is 1. The molecule has 1 heterocycles. The zero-order valence-corrected chi connectivity index (χ0v) is 16.8. The predicted molar refractivity (Wildman–Crippen MR) is 113 cm³/mol. The van der Waals surface area contributed by atoms with Crippen LogP contribution in [0.4, 0.5) is 5.69 Å². The number of hydrogen-bond acceptors (Lipinski definition) is 6. The van der Waals surface area contributed by atoms with Gasteiger partial charge in [0, 0.05) is 24.3 Å². The van der Waals surface area contributed by atoms with Crippen LogP contribution in [0.1, 0.15) is 30.0 Å². The maximum absolute atomic E-state index is 12.3. The summed E-state index contributed by atoms with van der Waals surface area (Å²) < 4.78 is 10.6. The average molecular weight is 389 g/mol. The molecule has 3 rings (SSSR count). The smallest absolute Gasteiger partial charge is 0.363 e. The van der Waals surface area contributed by atoms with Gasteiger partial charge in [-0.05, 0) is 61.4 Å². The molecule has 0 aromatic heterocycles. The highest BCUT2D eigenvalue weighted by Crippen LogP contribution is 2.25. The molecule has 29 heavy (non-hydrogen) atoms. The third-order valence-electron chi connectivity index (χ3n) is 4.72. The molecule has 0 N–H and O–H groups in total. The van der Waals surface area contributed by atoms with Crippen LogP contribution in [0.5, 0.6) is 5.75 Å². The Morgan fingerprint density at radius 1 is 1.28 bits per heavy atom. The fraction of sp³-hybridized carbons (Fsp3) is 0.261. The van der Waals surface area contributed by atoms with Gasteiger partial charge in [-0.1, -0.05) is 12.1 Å². The number of benzene rings is 2. The molecule has 0 bridgehead atoms. The standard InChI is InChI=1S/C23H23N3O3/c1-4-26(12-6-11-24)19-10-9-17(16(2)13-19)15-21-23(27)29-22(25-21)18-7-5-8-20(14-18)28-3/h5,7-10,13-15H,4,6,12H2,1-3H3/b21-15-. The lowest BCUT2D eigenvalue weighted by atomic mass is 10.1. The summed E-state index contributed by atoms with van der Waals surface area (Å²) in [5, 5.41) is 8.83. The zero-order chi connectivity index (χ0) is 20.8. The van der Waals surface area contributed by atoms with E-state index in [1.54, 1.807) is 19.3 Å². The summed E-state index contributed by atoms with van der Waals surface area (Å²) in [5.74, 6) is 0.459. The lowest BCUT2D eigenvalue weighted by Gasteiger charge is -2.22. The van der Waals surface area contributed by atoms with E-state index < -0.39 is 5.97 Å². The maximum Gasteiger partial charge on any atom is 0.363 e. The number of ether oxygens (including phenoxy) is 2. The minimum absolute atomic E-state index is 0.260. The zero-order valence-electron chi connectivity index (χ0n) is 16.8. The highest BCUT2D eigenvalue weighted by atomic mass is 16.6. The summed E-state index contributed by atoms with van der Waals surface area (Å²) in [4.78, 5) is 18.8. The molecule has 0 aliphatic carbocycles. The second-order valence-corrected chi connectivity index (χ2v) is 6.60. The molecule has 6 heteroatoms. The average Bonchev–Trinajstić information content (AvgIpc) is 3.11. The Balaban J connectivity index is 1.86. The number of esters is 1. The second-order valence-electron chi connectivity index (χ2n) is 6.60. The van der Waals surface area contributed by atoms with E-state index in [1.165, 1.54) is 0 Å². The van der Waals surface area contributed by atoms with E-state index in [0.29, 0.717) is 24.3 Å². The van der Waals surface area contributed by atoms with E-state index in [9.17, 15) is 4.79 Å². The number of aliphatic imine (C=N–C) groups is 1. The minimum Gasteiger partial charge on any atom is -0.497 e. The predicted octanol–water partition coefficient (Wildman–Crippen LogP) is 4.09. The lowest BCUT2D eigenvalue weighted by Crippen LogP contribution is -2.23. The molecule has 1 aliphatic heterocycles. The quantitative estimate of drug-likeness (QED) is 0.527. The summed E-state index contributed by atoms with van der Waals surface area (Å²) in [6.07, 6.45) is 2.21. The molecule has 1 aliphatic rings. The lowest BCUT2D eigenvalue weighted by molar-refractivity contribution is -0.129. The van der Waals surface area contributed by atoms with Gasteiger partial charge in [-0.2, -0.15) is 5.26 Å². The number of anilines is 1. The van der Waals surface area contributed by atoms with Crippen molar-refractivity contribution in [3.63, 3.8) is 0 Å². The first-order chi connectivity index (χ1) is 14.0. The van der Waals surface area contributed by atoms with Gasteiger partial charge in [-0.25, -0.2) is 9.79 Å².